The van der Waals surface area contributed by atoms with Crippen LogP contribution in [-0.4, -0.2) is 50.8 Å². The Labute approximate surface area is 166 Å². The van der Waals surface area contributed by atoms with Crippen molar-refractivity contribution in [1.82, 2.24) is 30.3 Å². The molecule has 1 aliphatic heterocycles. The number of aryl methyl sites for hydroxylation is 1. The Morgan fingerprint density at radius 3 is 3.03 bits per heavy atom. The molecular formula is C19H21F2N7O. The second-order valence-corrected chi connectivity index (χ2v) is 6.84. The maximum absolute atomic E-state index is 12.9. The Hall–Kier alpha value is -2.98. The predicted molar refractivity (Wildman–Crippen MR) is 103 cm³/mol. The molecule has 8 nitrogen and oxygen atoms in total. The van der Waals surface area contributed by atoms with Gasteiger partial charge in [0.1, 0.15) is 11.4 Å². The van der Waals surface area contributed by atoms with Gasteiger partial charge in [0.25, 0.3) is 6.43 Å². The van der Waals surface area contributed by atoms with E-state index in [-0.39, 0.29) is 17.7 Å². The van der Waals surface area contributed by atoms with Gasteiger partial charge in [-0.2, -0.15) is 0 Å². The number of hydrogen-bond acceptors (Lipinski definition) is 7. The Kier molecular flexibility index (Phi) is 5.72. The van der Waals surface area contributed by atoms with Gasteiger partial charge in [0.05, 0.1) is 25.5 Å². The monoisotopic (exact) mass is 401 g/mol. The van der Waals surface area contributed by atoms with E-state index in [1.165, 1.54) is 12.3 Å². The minimum atomic E-state index is -2.65. The topological polar surface area (TPSA) is 89.8 Å². The highest BCUT2D eigenvalue weighted by atomic mass is 19.3. The lowest BCUT2D eigenvalue weighted by Gasteiger charge is -2.23. The van der Waals surface area contributed by atoms with Crippen molar-refractivity contribution in [2.45, 2.75) is 26.0 Å². The molecule has 2 aromatic heterocycles. The molecule has 0 aliphatic carbocycles. The number of halogens is 2. The molecular weight excluding hydrogens is 380 g/mol. The maximum Gasteiger partial charge on any atom is 0.280 e. The average Bonchev–Trinajstić information content (AvgIpc) is 3.17. The predicted octanol–water partition coefficient (Wildman–Crippen LogP) is 2.71. The van der Waals surface area contributed by atoms with Crippen molar-refractivity contribution in [1.29, 1.82) is 0 Å². The van der Waals surface area contributed by atoms with E-state index in [0.29, 0.717) is 24.5 Å². The van der Waals surface area contributed by atoms with Crippen LogP contribution in [0, 0.1) is 6.92 Å². The lowest BCUT2D eigenvalue weighted by Crippen LogP contribution is -2.40. The first-order valence-electron chi connectivity index (χ1n) is 9.29. The summed E-state index contributed by atoms with van der Waals surface area (Å²) in [5.41, 5.74) is 2.90. The van der Waals surface area contributed by atoms with Crippen molar-refractivity contribution in [3.8, 4) is 11.3 Å². The lowest BCUT2D eigenvalue weighted by atomic mass is 10.1. The summed E-state index contributed by atoms with van der Waals surface area (Å²) in [7, 11) is 0. The van der Waals surface area contributed by atoms with Gasteiger partial charge in [-0.05, 0) is 36.8 Å². The first kappa shape index (κ1) is 19.3. The number of benzene rings is 1. The van der Waals surface area contributed by atoms with Crippen molar-refractivity contribution < 1.29 is 13.5 Å². The molecule has 0 bridgehead atoms. The first-order chi connectivity index (χ1) is 14.1. The van der Waals surface area contributed by atoms with Gasteiger partial charge in [-0.3, -0.25) is 0 Å². The summed E-state index contributed by atoms with van der Waals surface area (Å²) in [6.07, 6.45) is 0.587. The van der Waals surface area contributed by atoms with E-state index >= 15 is 0 Å². The van der Waals surface area contributed by atoms with Crippen LogP contribution < -0.4 is 10.6 Å². The van der Waals surface area contributed by atoms with Gasteiger partial charge in [-0.15, -0.1) is 5.10 Å². The molecule has 29 heavy (non-hydrogen) atoms. The molecule has 0 spiro atoms. The highest BCUT2D eigenvalue weighted by molar-refractivity contribution is 5.68. The third kappa shape index (κ3) is 4.90. The van der Waals surface area contributed by atoms with E-state index in [1.54, 1.807) is 4.68 Å². The summed E-state index contributed by atoms with van der Waals surface area (Å²) < 4.78 is 33.2. The highest BCUT2D eigenvalue weighted by Gasteiger charge is 2.16. The van der Waals surface area contributed by atoms with Gasteiger partial charge in [0.2, 0.25) is 5.95 Å². The number of nitrogens with one attached hydrogen (secondary N) is 2. The van der Waals surface area contributed by atoms with E-state index in [4.69, 9.17) is 4.74 Å². The van der Waals surface area contributed by atoms with Crippen LogP contribution in [0.1, 0.15) is 17.7 Å². The molecule has 1 atom stereocenters. The van der Waals surface area contributed by atoms with Crippen LogP contribution >= 0.6 is 0 Å². The third-order valence-electron chi connectivity index (χ3n) is 4.46. The molecule has 1 aromatic carbocycles. The van der Waals surface area contributed by atoms with E-state index in [2.05, 4.69) is 30.9 Å². The summed E-state index contributed by atoms with van der Waals surface area (Å²) in [6, 6.07) is 6.92. The lowest BCUT2D eigenvalue weighted by molar-refractivity contribution is 0.0158. The Bertz CT molecular complexity index is 973. The number of ether oxygens (including phenoxy) is 1. The molecule has 0 amide bonds. The third-order valence-corrected chi connectivity index (χ3v) is 4.46. The number of rotatable bonds is 6. The summed E-state index contributed by atoms with van der Waals surface area (Å²) in [4.78, 5) is 7.86. The molecule has 10 heteroatoms. The number of morpholine rings is 1. The van der Waals surface area contributed by atoms with Gasteiger partial charge in [-0.25, -0.2) is 23.4 Å². The molecule has 1 saturated heterocycles. The fourth-order valence-electron chi connectivity index (χ4n) is 3.15. The molecule has 3 heterocycles. The quantitative estimate of drug-likeness (QED) is 0.656. The molecule has 1 fully saturated rings. The molecule has 2 N–H and O–H groups in total. The largest absolute Gasteiger partial charge is 0.374 e. The summed E-state index contributed by atoms with van der Waals surface area (Å²) in [6.45, 7) is 4.89. The van der Waals surface area contributed by atoms with Crippen molar-refractivity contribution in [3.63, 3.8) is 0 Å². The smallest absolute Gasteiger partial charge is 0.280 e. The number of alkyl halides is 2. The molecule has 1 aliphatic rings. The van der Waals surface area contributed by atoms with Crippen LogP contribution in [0.4, 0.5) is 20.4 Å². The zero-order chi connectivity index (χ0) is 20.2. The summed E-state index contributed by atoms with van der Waals surface area (Å²) in [5, 5.41) is 14.7. The Morgan fingerprint density at radius 1 is 1.34 bits per heavy atom. The van der Waals surface area contributed by atoms with Crippen molar-refractivity contribution in [2.75, 3.05) is 25.0 Å². The van der Waals surface area contributed by atoms with Crippen molar-refractivity contribution in [2.24, 2.45) is 0 Å². The molecule has 152 valence electrons. The minimum absolute atomic E-state index is 0.0623. The Balaban J connectivity index is 1.52. The average molecular weight is 401 g/mol. The molecule has 0 unspecified atom stereocenters. The van der Waals surface area contributed by atoms with Crippen LogP contribution in [0.2, 0.25) is 0 Å². The number of nitrogens with zero attached hydrogens (tertiary/aromatic N) is 5. The Morgan fingerprint density at radius 2 is 2.24 bits per heavy atom. The zero-order valence-electron chi connectivity index (χ0n) is 15.8. The van der Waals surface area contributed by atoms with Gasteiger partial charge in [-0.1, -0.05) is 5.21 Å². The standard InChI is InChI=1S/C19H21F2N7O/c1-12-6-13(17-11-28(27-26-17)10-15-9-22-4-5-29-15)8-14(7-12)24-19-23-3-2-16(25-19)18(20)21/h2-3,6-8,11,15,18,22H,4-5,9-10H2,1H3,(H,23,24,25)/t15-/m0/s1. The summed E-state index contributed by atoms with van der Waals surface area (Å²) >= 11 is 0. The SMILES string of the molecule is Cc1cc(Nc2nccc(C(F)F)n2)cc(-c2cn(C[C@@H]3CNCCO3)nn2)c1. The summed E-state index contributed by atoms with van der Waals surface area (Å²) in [5.74, 6) is 0.116. The van der Waals surface area contributed by atoms with Gasteiger partial charge in [0, 0.05) is 30.5 Å². The van der Waals surface area contributed by atoms with E-state index < -0.39 is 6.43 Å². The van der Waals surface area contributed by atoms with Crippen LogP contribution in [0.15, 0.2) is 36.7 Å². The van der Waals surface area contributed by atoms with E-state index in [9.17, 15) is 8.78 Å². The zero-order valence-corrected chi connectivity index (χ0v) is 15.8. The number of anilines is 2. The first-order valence-corrected chi connectivity index (χ1v) is 9.29. The van der Waals surface area contributed by atoms with Crippen LogP contribution in [0.25, 0.3) is 11.3 Å². The van der Waals surface area contributed by atoms with Gasteiger partial charge in [0.15, 0.2) is 0 Å². The molecule has 0 saturated carbocycles. The number of aromatic nitrogens is 5. The van der Waals surface area contributed by atoms with Crippen LogP contribution in [-0.2, 0) is 11.3 Å². The highest BCUT2D eigenvalue weighted by Crippen LogP contribution is 2.25. The van der Waals surface area contributed by atoms with E-state index in [1.807, 2.05) is 31.3 Å². The second kappa shape index (κ2) is 8.58. The van der Waals surface area contributed by atoms with Crippen LogP contribution in [0.5, 0.6) is 0 Å². The normalized spacial score (nSPS) is 16.9. The fraction of sp³-hybridized carbons (Fsp3) is 0.368. The van der Waals surface area contributed by atoms with Gasteiger partial charge < -0.3 is 15.4 Å². The fourth-order valence-corrected chi connectivity index (χ4v) is 3.15. The maximum atomic E-state index is 12.9. The minimum Gasteiger partial charge on any atom is -0.374 e. The second-order valence-electron chi connectivity index (χ2n) is 6.84. The van der Waals surface area contributed by atoms with Crippen molar-refractivity contribution >= 4 is 11.6 Å². The molecule has 0 radical (unpaired) electrons. The van der Waals surface area contributed by atoms with Crippen LogP contribution in [0.3, 0.4) is 0 Å². The number of hydrogen-bond donors (Lipinski definition) is 2. The molecule has 4 rings (SSSR count). The van der Waals surface area contributed by atoms with E-state index in [0.717, 1.165) is 24.2 Å². The van der Waals surface area contributed by atoms with Crippen molar-refractivity contribution in [3.05, 3.63) is 47.9 Å². The molecule has 3 aromatic rings. The van der Waals surface area contributed by atoms with Gasteiger partial charge >= 0.3 is 0 Å².